The minimum absolute atomic E-state index is 0.0394. The van der Waals surface area contributed by atoms with Crippen molar-refractivity contribution >= 4 is 6.09 Å². The van der Waals surface area contributed by atoms with Crippen molar-refractivity contribution in [3.05, 3.63) is 11.6 Å². The van der Waals surface area contributed by atoms with Crippen LogP contribution < -0.4 is 0 Å². The lowest BCUT2D eigenvalue weighted by atomic mass is 9.97. The van der Waals surface area contributed by atoms with Crippen molar-refractivity contribution in [2.24, 2.45) is 0 Å². The van der Waals surface area contributed by atoms with Crippen molar-refractivity contribution in [2.75, 3.05) is 13.2 Å². The van der Waals surface area contributed by atoms with E-state index < -0.39 is 5.60 Å². The van der Waals surface area contributed by atoms with Crippen molar-refractivity contribution in [3.8, 4) is 0 Å². The maximum Gasteiger partial charge on any atom is 0.411 e. The fraction of sp³-hybridized carbons (Fsp3) is 0.824. The maximum atomic E-state index is 12.4. The molecule has 0 spiro atoms. The van der Waals surface area contributed by atoms with Gasteiger partial charge >= 0.3 is 6.09 Å². The number of nitrogens with zero attached hydrogens (tertiary/aromatic N) is 1. The molecular weight excluding hydrogens is 282 g/mol. The van der Waals surface area contributed by atoms with Gasteiger partial charge in [0.2, 0.25) is 0 Å². The minimum Gasteiger partial charge on any atom is -0.444 e. The van der Waals surface area contributed by atoms with Crippen LogP contribution in [0.25, 0.3) is 0 Å². The number of hydrogen-bond acceptors (Lipinski definition) is 4. The lowest BCUT2D eigenvalue weighted by Crippen LogP contribution is -2.45. The van der Waals surface area contributed by atoms with Gasteiger partial charge in [0.15, 0.2) is 6.29 Å². The number of amides is 1. The van der Waals surface area contributed by atoms with E-state index in [2.05, 4.69) is 6.08 Å². The zero-order valence-electron chi connectivity index (χ0n) is 13.8. The summed E-state index contributed by atoms with van der Waals surface area (Å²) in [5, 5.41) is 0. The number of hydrogen-bond donors (Lipinski definition) is 0. The summed E-state index contributed by atoms with van der Waals surface area (Å²) in [6.45, 7) is 7.17. The summed E-state index contributed by atoms with van der Waals surface area (Å²) in [4.78, 5) is 14.3. The van der Waals surface area contributed by atoms with Crippen LogP contribution in [0.4, 0.5) is 4.79 Å². The molecule has 2 atom stereocenters. The van der Waals surface area contributed by atoms with Gasteiger partial charge in [-0.3, -0.25) is 4.90 Å². The Balaban J connectivity index is 1.58. The first-order chi connectivity index (χ1) is 10.4. The zero-order valence-corrected chi connectivity index (χ0v) is 13.8. The molecular formula is C17H27NO4. The van der Waals surface area contributed by atoms with Gasteiger partial charge in [-0.25, -0.2) is 4.79 Å². The maximum absolute atomic E-state index is 12.4. The number of rotatable bonds is 3. The average molecular weight is 309 g/mol. The van der Waals surface area contributed by atoms with Gasteiger partial charge in [0.1, 0.15) is 5.60 Å². The Labute approximate surface area is 132 Å². The first-order valence-electron chi connectivity index (χ1n) is 8.36. The van der Waals surface area contributed by atoms with Crippen molar-refractivity contribution in [1.29, 1.82) is 0 Å². The average Bonchev–Trinajstić information content (AvgIpc) is 3.01. The Morgan fingerprint density at radius 2 is 2.05 bits per heavy atom. The molecule has 0 aromatic heterocycles. The molecule has 5 nitrogen and oxygen atoms in total. The van der Waals surface area contributed by atoms with Gasteiger partial charge in [0.25, 0.3) is 0 Å². The lowest BCUT2D eigenvalue weighted by Gasteiger charge is -2.35. The third-order valence-electron chi connectivity index (χ3n) is 4.47. The van der Waals surface area contributed by atoms with E-state index >= 15 is 0 Å². The van der Waals surface area contributed by atoms with Gasteiger partial charge in [-0.1, -0.05) is 11.6 Å². The molecule has 3 aliphatic rings. The fourth-order valence-electron chi connectivity index (χ4n) is 3.58. The van der Waals surface area contributed by atoms with Crippen LogP contribution in [0.15, 0.2) is 11.6 Å². The predicted molar refractivity (Wildman–Crippen MR) is 82.5 cm³/mol. The summed E-state index contributed by atoms with van der Waals surface area (Å²) in [7, 11) is 0. The van der Waals surface area contributed by atoms with E-state index in [1.807, 2.05) is 25.7 Å². The molecule has 0 aromatic carbocycles. The van der Waals surface area contributed by atoms with Crippen LogP contribution in [0, 0.1) is 0 Å². The van der Waals surface area contributed by atoms with E-state index in [1.54, 1.807) is 0 Å². The molecule has 3 heterocycles. The highest BCUT2D eigenvalue weighted by Crippen LogP contribution is 2.37. The normalized spacial score (nSPS) is 28.9. The van der Waals surface area contributed by atoms with Gasteiger partial charge < -0.3 is 14.2 Å². The van der Waals surface area contributed by atoms with Crippen molar-refractivity contribution < 1.29 is 19.0 Å². The topological polar surface area (TPSA) is 48.0 Å². The fourth-order valence-corrected chi connectivity index (χ4v) is 3.58. The zero-order chi connectivity index (χ0) is 15.7. The third-order valence-corrected chi connectivity index (χ3v) is 4.47. The smallest absolute Gasteiger partial charge is 0.411 e. The highest BCUT2D eigenvalue weighted by molar-refractivity contribution is 5.70. The van der Waals surface area contributed by atoms with Gasteiger partial charge in [0.05, 0.1) is 19.3 Å². The largest absolute Gasteiger partial charge is 0.444 e. The Hall–Kier alpha value is -1.07. The molecule has 0 radical (unpaired) electrons. The van der Waals surface area contributed by atoms with E-state index in [-0.39, 0.29) is 18.4 Å². The summed E-state index contributed by atoms with van der Waals surface area (Å²) in [6, 6.07) is 0.499. The summed E-state index contributed by atoms with van der Waals surface area (Å²) in [5.74, 6) is 0. The first kappa shape index (κ1) is 15.8. The molecule has 5 heteroatoms. The monoisotopic (exact) mass is 309 g/mol. The van der Waals surface area contributed by atoms with Gasteiger partial charge in [-0.15, -0.1) is 0 Å². The quantitative estimate of drug-likeness (QED) is 0.751. The molecule has 124 valence electrons. The number of fused-ring (bicyclic) bond motifs is 2. The number of carbonyl (C=O) groups excluding carboxylic acids is 1. The molecule has 3 aliphatic heterocycles. The summed E-state index contributed by atoms with van der Waals surface area (Å²) in [5.41, 5.74) is 1.00. The van der Waals surface area contributed by atoms with E-state index in [9.17, 15) is 4.79 Å². The first-order valence-corrected chi connectivity index (χ1v) is 8.36. The summed E-state index contributed by atoms with van der Waals surface area (Å²) in [6.07, 6.45) is 7.05. The highest BCUT2D eigenvalue weighted by Gasteiger charge is 2.41. The second kappa shape index (κ2) is 6.20. The van der Waals surface area contributed by atoms with Gasteiger partial charge in [-0.2, -0.15) is 0 Å². The molecule has 2 fully saturated rings. The SMILES string of the molecule is CC(C)(C)OC(=O)N1C2C=C(CCC3OCCO3)CC1CC2. The van der Waals surface area contributed by atoms with Gasteiger partial charge in [0, 0.05) is 12.5 Å². The standard InChI is InChI=1S/C17H27NO4/c1-17(2,3)22-16(19)18-13-5-6-14(18)11-12(10-13)4-7-15-20-8-9-21-15/h10,13-15H,4-9,11H2,1-3H3. The molecule has 2 saturated heterocycles. The van der Waals surface area contributed by atoms with Crippen LogP contribution in [0.2, 0.25) is 0 Å². The Morgan fingerprint density at radius 3 is 2.68 bits per heavy atom. The highest BCUT2D eigenvalue weighted by atomic mass is 16.7. The van der Waals surface area contributed by atoms with E-state index in [4.69, 9.17) is 14.2 Å². The van der Waals surface area contributed by atoms with E-state index in [0.717, 1.165) is 32.1 Å². The molecule has 0 aliphatic carbocycles. The van der Waals surface area contributed by atoms with Gasteiger partial charge in [-0.05, 0) is 46.5 Å². The second-order valence-electron chi connectivity index (χ2n) is 7.42. The molecule has 0 saturated carbocycles. The van der Waals surface area contributed by atoms with Crippen LogP contribution in [0.1, 0.15) is 52.9 Å². The minimum atomic E-state index is -0.433. The Morgan fingerprint density at radius 1 is 1.32 bits per heavy atom. The van der Waals surface area contributed by atoms with Crippen LogP contribution in [0.3, 0.4) is 0 Å². The number of ether oxygens (including phenoxy) is 3. The Bertz CT molecular complexity index is 448. The molecule has 2 bridgehead atoms. The van der Waals surface area contributed by atoms with Crippen molar-refractivity contribution in [1.82, 2.24) is 4.90 Å². The van der Waals surface area contributed by atoms with Crippen molar-refractivity contribution in [2.45, 2.75) is 76.9 Å². The van der Waals surface area contributed by atoms with Crippen LogP contribution >= 0.6 is 0 Å². The van der Waals surface area contributed by atoms with Crippen molar-refractivity contribution in [3.63, 3.8) is 0 Å². The van der Waals surface area contributed by atoms with Crippen LogP contribution in [-0.4, -0.2) is 48.2 Å². The van der Waals surface area contributed by atoms with Crippen LogP contribution in [0.5, 0.6) is 0 Å². The molecule has 1 amide bonds. The molecule has 0 aromatic rings. The van der Waals surface area contributed by atoms with E-state index in [0.29, 0.717) is 19.3 Å². The summed E-state index contributed by atoms with van der Waals surface area (Å²) < 4.78 is 16.5. The lowest BCUT2D eigenvalue weighted by molar-refractivity contribution is -0.0465. The predicted octanol–water partition coefficient (Wildman–Crippen LogP) is 3.24. The third kappa shape index (κ3) is 3.63. The van der Waals surface area contributed by atoms with Crippen LogP contribution in [-0.2, 0) is 14.2 Å². The molecule has 22 heavy (non-hydrogen) atoms. The van der Waals surface area contributed by atoms with E-state index in [1.165, 1.54) is 5.57 Å². The molecule has 3 rings (SSSR count). The number of carbonyl (C=O) groups is 1. The molecule has 0 N–H and O–H groups in total. The second-order valence-corrected chi connectivity index (χ2v) is 7.42. The summed E-state index contributed by atoms with van der Waals surface area (Å²) >= 11 is 0. The molecule has 2 unspecified atom stereocenters. The Kier molecular flexibility index (Phi) is 4.46.